The van der Waals surface area contributed by atoms with Gasteiger partial charge in [0.2, 0.25) is 6.39 Å². The standard InChI is InChI=1S/C7H7N3OS/c1-4-6(12-5(2)9-4)7-10-8-3-11-7/h3H,1-2H3. The third kappa shape index (κ3) is 1.12. The Hall–Kier alpha value is -1.23. The first-order chi connectivity index (χ1) is 5.77. The molecule has 62 valence electrons. The van der Waals surface area contributed by atoms with Crippen LogP contribution in [0.5, 0.6) is 0 Å². The van der Waals surface area contributed by atoms with Gasteiger partial charge in [0.05, 0.1) is 10.7 Å². The number of aryl methyl sites for hydroxylation is 2. The molecule has 5 heteroatoms. The Labute approximate surface area is 73.3 Å². The second-order valence-corrected chi connectivity index (χ2v) is 3.59. The molecule has 2 rings (SSSR count). The molecule has 0 fully saturated rings. The molecule has 12 heavy (non-hydrogen) atoms. The Kier molecular flexibility index (Phi) is 1.65. The highest BCUT2D eigenvalue weighted by atomic mass is 32.1. The van der Waals surface area contributed by atoms with Gasteiger partial charge in [-0.05, 0) is 13.8 Å². The second-order valence-electron chi connectivity index (χ2n) is 2.39. The van der Waals surface area contributed by atoms with Gasteiger partial charge >= 0.3 is 0 Å². The molecule has 0 N–H and O–H groups in total. The Balaban J connectivity index is 2.54. The number of rotatable bonds is 1. The average Bonchev–Trinajstić information content (AvgIpc) is 2.58. The lowest BCUT2D eigenvalue weighted by Crippen LogP contribution is -1.77. The minimum absolute atomic E-state index is 0.554. The van der Waals surface area contributed by atoms with E-state index >= 15 is 0 Å². The van der Waals surface area contributed by atoms with Crippen LogP contribution in [0.15, 0.2) is 10.8 Å². The summed E-state index contributed by atoms with van der Waals surface area (Å²) in [7, 11) is 0. The summed E-state index contributed by atoms with van der Waals surface area (Å²) in [6.07, 6.45) is 1.32. The maximum atomic E-state index is 5.06. The largest absolute Gasteiger partial charge is 0.423 e. The first-order valence-corrected chi connectivity index (χ1v) is 4.29. The number of nitrogens with zero attached hydrogens (tertiary/aromatic N) is 3. The predicted octanol–water partition coefficient (Wildman–Crippen LogP) is 1.81. The van der Waals surface area contributed by atoms with Crippen LogP contribution in [0.25, 0.3) is 10.8 Å². The normalized spacial score (nSPS) is 10.5. The molecule has 0 amide bonds. The summed E-state index contributed by atoms with van der Waals surface area (Å²) in [6, 6.07) is 0. The maximum absolute atomic E-state index is 5.06. The Morgan fingerprint density at radius 1 is 1.42 bits per heavy atom. The van der Waals surface area contributed by atoms with Crippen LogP contribution in [0.3, 0.4) is 0 Å². The van der Waals surface area contributed by atoms with E-state index in [2.05, 4.69) is 15.2 Å². The van der Waals surface area contributed by atoms with E-state index < -0.39 is 0 Å². The minimum Gasteiger partial charge on any atom is -0.423 e. The van der Waals surface area contributed by atoms with Gasteiger partial charge in [-0.25, -0.2) is 4.98 Å². The fraction of sp³-hybridized carbons (Fsp3) is 0.286. The van der Waals surface area contributed by atoms with Crippen LogP contribution >= 0.6 is 11.3 Å². The van der Waals surface area contributed by atoms with Gasteiger partial charge in [-0.3, -0.25) is 0 Å². The first-order valence-electron chi connectivity index (χ1n) is 3.48. The fourth-order valence-electron chi connectivity index (χ4n) is 1.00. The van der Waals surface area contributed by atoms with Crippen molar-refractivity contribution in [1.29, 1.82) is 0 Å². The van der Waals surface area contributed by atoms with Crippen LogP contribution in [0, 0.1) is 13.8 Å². The molecule has 2 aromatic rings. The van der Waals surface area contributed by atoms with Gasteiger partial charge in [0, 0.05) is 0 Å². The zero-order valence-electron chi connectivity index (χ0n) is 6.74. The van der Waals surface area contributed by atoms with Gasteiger partial charge in [0.1, 0.15) is 4.88 Å². The summed E-state index contributed by atoms with van der Waals surface area (Å²) in [5, 5.41) is 8.44. The molecule has 0 aromatic carbocycles. The number of thiazole rings is 1. The summed E-state index contributed by atoms with van der Waals surface area (Å²) < 4.78 is 5.06. The summed E-state index contributed by atoms with van der Waals surface area (Å²) in [4.78, 5) is 5.22. The van der Waals surface area contributed by atoms with E-state index in [0.29, 0.717) is 5.89 Å². The molecule has 0 spiro atoms. The van der Waals surface area contributed by atoms with E-state index in [9.17, 15) is 0 Å². The summed E-state index contributed by atoms with van der Waals surface area (Å²) >= 11 is 1.56. The molecule has 0 unspecified atom stereocenters. The van der Waals surface area contributed by atoms with E-state index in [1.807, 2.05) is 13.8 Å². The lowest BCUT2D eigenvalue weighted by Gasteiger charge is -1.86. The summed E-state index contributed by atoms with van der Waals surface area (Å²) in [5.74, 6) is 0.554. The molecule has 0 saturated heterocycles. The van der Waals surface area contributed by atoms with Crippen molar-refractivity contribution in [2.24, 2.45) is 0 Å². The van der Waals surface area contributed by atoms with E-state index in [-0.39, 0.29) is 0 Å². The van der Waals surface area contributed by atoms with Crippen molar-refractivity contribution in [3.8, 4) is 10.8 Å². The summed E-state index contributed by atoms with van der Waals surface area (Å²) in [5.41, 5.74) is 0.946. The van der Waals surface area contributed by atoms with Crippen molar-refractivity contribution in [1.82, 2.24) is 15.2 Å². The van der Waals surface area contributed by atoms with Crippen molar-refractivity contribution in [2.75, 3.05) is 0 Å². The number of hydrogen-bond acceptors (Lipinski definition) is 5. The molecule has 0 aliphatic heterocycles. The topological polar surface area (TPSA) is 51.8 Å². The van der Waals surface area contributed by atoms with E-state index in [1.165, 1.54) is 6.39 Å². The molecule has 0 saturated carbocycles. The lowest BCUT2D eigenvalue weighted by molar-refractivity contribution is 0.569. The Morgan fingerprint density at radius 2 is 2.25 bits per heavy atom. The third-order valence-corrected chi connectivity index (χ3v) is 2.52. The molecule has 0 atom stereocenters. The van der Waals surface area contributed by atoms with Crippen LogP contribution < -0.4 is 0 Å². The first kappa shape index (κ1) is 7.42. The van der Waals surface area contributed by atoms with E-state index in [1.54, 1.807) is 11.3 Å². The van der Waals surface area contributed by atoms with Crippen LogP contribution in [-0.2, 0) is 0 Å². The van der Waals surface area contributed by atoms with Gasteiger partial charge < -0.3 is 4.42 Å². The number of hydrogen-bond donors (Lipinski definition) is 0. The maximum Gasteiger partial charge on any atom is 0.259 e. The van der Waals surface area contributed by atoms with Gasteiger partial charge in [-0.15, -0.1) is 21.5 Å². The van der Waals surface area contributed by atoms with Crippen LogP contribution in [0.2, 0.25) is 0 Å². The van der Waals surface area contributed by atoms with Crippen molar-refractivity contribution in [3.63, 3.8) is 0 Å². The zero-order chi connectivity index (χ0) is 8.55. The molecule has 0 aliphatic carbocycles. The van der Waals surface area contributed by atoms with Crippen LogP contribution in [0.1, 0.15) is 10.7 Å². The molecule has 2 aromatic heterocycles. The second kappa shape index (κ2) is 2.67. The van der Waals surface area contributed by atoms with Gasteiger partial charge in [0.15, 0.2) is 0 Å². The molecular weight excluding hydrogens is 174 g/mol. The van der Waals surface area contributed by atoms with Gasteiger partial charge in [0.25, 0.3) is 5.89 Å². The molecule has 4 nitrogen and oxygen atoms in total. The molecule has 2 heterocycles. The monoisotopic (exact) mass is 181 g/mol. The molecular formula is C7H7N3OS. The highest BCUT2D eigenvalue weighted by Crippen LogP contribution is 2.27. The predicted molar refractivity (Wildman–Crippen MR) is 44.9 cm³/mol. The van der Waals surface area contributed by atoms with Crippen molar-refractivity contribution < 1.29 is 4.42 Å². The van der Waals surface area contributed by atoms with Crippen molar-refractivity contribution in [3.05, 3.63) is 17.1 Å². The Morgan fingerprint density at radius 3 is 2.75 bits per heavy atom. The zero-order valence-corrected chi connectivity index (χ0v) is 7.55. The lowest BCUT2D eigenvalue weighted by atomic mass is 10.4. The fourth-order valence-corrected chi connectivity index (χ4v) is 1.85. The highest BCUT2D eigenvalue weighted by Gasteiger charge is 2.11. The van der Waals surface area contributed by atoms with Gasteiger partial charge in [-0.2, -0.15) is 0 Å². The Bertz CT molecular complexity index is 379. The molecule has 0 radical (unpaired) electrons. The van der Waals surface area contributed by atoms with E-state index in [4.69, 9.17) is 4.42 Å². The van der Waals surface area contributed by atoms with Crippen molar-refractivity contribution >= 4 is 11.3 Å². The average molecular weight is 181 g/mol. The van der Waals surface area contributed by atoms with Crippen LogP contribution in [0.4, 0.5) is 0 Å². The molecule has 0 bridgehead atoms. The minimum atomic E-state index is 0.554. The van der Waals surface area contributed by atoms with E-state index in [0.717, 1.165) is 15.6 Å². The number of aromatic nitrogens is 3. The summed E-state index contributed by atoms with van der Waals surface area (Å²) in [6.45, 7) is 3.89. The third-order valence-electron chi connectivity index (χ3n) is 1.46. The van der Waals surface area contributed by atoms with Crippen molar-refractivity contribution in [2.45, 2.75) is 13.8 Å². The quantitative estimate of drug-likeness (QED) is 0.673. The molecule has 0 aliphatic rings. The van der Waals surface area contributed by atoms with Crippen LogP contribution in [-0.4, -0.2) is 15.2 Å². The smallest absolute Gasteiger partial charge is 0.259 e. The highest BCUT2D eigenvalue weighted by molar-refractivity contribution is 7.15. The SMILES string of the molecule is Cc1nc(C)c(-c2nnco2)s1. The van der Waals surface area contributed by atoms with Gasteiger partial charge in [-0.1, -0.05) is 0 Å².